The minimum absolute atomic E-state index is 0.323. The molecule has 7 rings (SSSR count). The largest absolute Gasteiger partial charge is 0.331 e. The quantitative estimate of drug-likeness (QED) is 0.434. The Kier molecular flexibility index (Phi) is 3.80. The Morgan fingerprint density at radius 2 is 1.94 bits per heavy atom. The van der Waals surface area contributed by atoms with Gasteiger partial charge in [-0.1, -0.05) is 30.9 Å². The number of hydrogen-bond acceptors (Lipinski definition) is 5. The average molecular weight is 478 g/mol. The second-order valence-electron chi connectivity index (χ2n) is 10.1. The van der Waals surface area contributed by atoms with Crippen molar-refractivity contribution in [3.63, 3.8) is 0 Å². The van der Waals surface area contributed by atoms with Crippen LogP contribution < -0.4 is 5.73 Å². The number of carbonyl (C=O) groups is 1. The van der Waals surface area contributed by atoms with Crippen molar-refractivity contribution in [2.75, 3.05) is 6.98 Å². The lowest BCUT2D eigenvalue weighted by molar-refractivity contribution is 0.0734. The summed E-state index contributed by atoms with van der Waals surface area (Å²) in [5.74, 6) is 3.38. The summed E-state index contributed by atoms with van der Waals surface area (Å²) in [4.78, 5) is 28.7. The Labute approximate surface area is 213 Å². The molecule has 2 aromatic carbocycles. The van der Waals surface area contributed by atoms with Crippen molar-refractivity contribution in [2.45, 2.75) is 49.7 Å². The number of benzene rings is 2. The summed E-state index contributed by atoms with van der Waals surface area (Å²) in [6.07, 6.45) is 13.8. The highest BCUT2D eigenvalue weighted by Crippen LogP contribution is 2.48. The van der Waals surface area contributed by atoms with E-state index in [9.17, 15) is 4.79 Å². The highest BCUT2D eigenvalue weighted by Gasteiger charge is 2.44. The van der Waals surface area contributed by atoms with Crippen molar-refractivity contribution >= 4 is 16.9 Å². The third-order valence-electron chi connectivity index (χ3n) is 8.06. The smallest absolute Gasteiger partial charge is 0.254 e. The van der Waals surface area contributed by atoms with Crippen molar-refractivity contribution < 1.29 is 8.91 Å². The Morgan fingerprint density at radius 1 is 1.14 bits per heavy atom. The first-order chi connectivity index (χ1) is 18.7. The van der Waals surface area contributed by atoms with Crippen LogP contribution >= 0.6 is 0 Å². The molecule has 2 N–H and O–H groups in total. The second kappa shape index (κ2) is 7.49. The van der Waals surface area contributed by atoms with Gasteiger partial charge in [-0.05, 0) is 42.7 Å². The number of terminal acetylenes is 1. The SMILES string of the molecule is [2H]C([2H])([2H])N1C(=O)c2cccc(C#C)c2[C@H]2C[C@@H]1c1nc3ccc(-c4cnc(C5(N)CCCC5)nc4)cc3n12. The molecular formula is C29H26N6O. The van der Waals surface area contributed by atoms with Crippen LogP contribution in [0.4, 0.5) is 0 Å². The number of nitrogens with two attached hydrogens (primary N) is 1. The molecule has 2 atom stereocenters. The van der Waals surface area contributed by atoms with E-state index in [1.54, 1.807) is 18.2 Å². The van der Waals surface area contributed by atoms with Gasteiger partial charge in [0.2, 0.25) is 0 Å². The maximum atomic E-state index is 13.6. The lowest BCUT2D eigenvalue weighted by Crippen LogP contribution is -2.35. The third-order valence-corrected chi connectivity index (χ3v) is 8.06. The number of hydrogen-bond donors (Lipinski definition) is 1. The molecule has 4 aromatic rings. The van der Waals surface area contributed by atoms with Gasteiger partial charge in [-0.2, -0.15) is 0 Å². The molecule has 1 amide bonds. The first-order valence-corrected chi connectivity index (χ1v) is 12.3. The standard InChI is InChI=1S/C29H26N6O/c1-3-17-7-6-8-20-25(17)23-14-24(34(2)27(20)36)26-33-21-10-9-18(13-22(21)35(23)26)19-15-31-28(32-16-19)29(30)11-4-5-12-29/h1,6-10,13,15-16,23-24H,4-5,11-12,14,30H2,2H3/t23-,24-/m1/s1/i2D3. The molecule has 1 fully saturated rings. The van der Waals surface area contributed by atoms with Gasteiger partial charge in [-0.3, -0.25) is 4.79 Å². The van der Waals surface area contributed by atoms with Gasteiger partial charge in [-0.15, -0.1) is 6.42 Å². The van der Waals surface area contributed by atoms with E-state index in [0.29, 0.717) is 40.3 Å². The van der Waals surface area contributed by atoms with E-state index < -0.39 is 24.5 Å². The first kappa shape index (κ1) is 18.3. The predicted octanol–water partition coefficient (Wildman–Crippen LogP) is 4.32. The van der Waals surface area contributed by atoms with Gasteiger partial charge in [0.05, 0.1) is 28.7 Å². The number of fused-ring (bicyclic) bond motifs is 9. The van der Waals surface area contributed by atoms with Gasteiger partial charge in [0.25, 0.3) is 5.91 Å². The van der Waals surface area contributed by atoms with E-state index in [4.69, 9.17) is 21.3 Å². The van der Waals surface area contributed by atoms with Gasteiger partial charge < -0.3 is 15.2 Å². The molecule has 0 saturated heterocycles. The monoisotopic (exact) mass is 477 g/mol. The maximum absolute atomic E-state index is 13.6. The molecule has 1 saturated carbocycles. The molecule has 178 valence electrons. The summed E-state index contributed by atoms with van der Waals surface area (Å²) >= 11 is 0. The zero-order valence-corrected chi connectivity index (χ0v) is 19.6. The van der Waals surface area contributed by atoms with Gasteiger partial charge in [-0.25, -0.2) is 15.0 Å². The van der Waals surface area contributed by atoms with Gasteiger partial charge >= 0.3 is 0 Å². The van der Waals surface area contributed by atoms with Crippen molar-refractivity contribution in [3.8, 4) is 23.5 Å². The third kappa shape index (κ3) is 2.85. The number of nitrogens with zero attached hydrogens (tertiary/aromatic N) is 5. The summed E-state index contributed by atoms with van der Waals surface area (Å²) in [5.41, 5.74) is 11.0. The van der Waals surface area contributed by atoms with Crippen molar-refractivity contribution in [3.05, 3.63) is 77.1 Å². The molecule has 2 bridgehead atoms. The second-order valence-corrected chi connectivity index (χ2v) is 10.1. The van der Waals surface area contributed by atoms with E-state index in [-0.39, 0.29) is 6.04 Å². The molecule has 0 spiro atoms. The van der Waals surface area contributed by atoms with Crippen molar-refractivity contribution in [1.29, 1.82) is 0 Å². The van der Waals surface area contributed by atoms with Crippen molar-refractivity contribution in [2.24, 2.45) is 5.73 Å². The average Bonchev–Trinajstić information content (AvgIpc) is 3.60. The highest BCUT2D eigenvalue weighted by atomic mass is 16.2. The van der Waals surface area contributed by atoms with Crippen LogP contribution in [0.5, 0.6) is 0 Å². The van der Waals surface area contributed by atoms with Gasteiger partial charge in [0, 0.05) is 52.2 Å². The molecule has 2 aromatic heterocycles. The lowest BCUT2D eigenvalue weighted by Gasteiger charge is -2.24. The van der Waals surface area contributed by atoms with Crippen LogP contribution in [0.3, 0.4) is 0 Å². The maximum Gasteiger partial charge on any atom is 0.254 e. The highest BCUT2D eigenvalue weighted by molar-refractivity contribution is 5.98. The molecule has 0 unspecified atom stereocenters. The predicted molar refractivity (Wildman–Crippen MR) is 137 cm³/mol. The minimum Gasteiger partial charge on any atom is -0.331 e. The van der Waals surface area contributed by atoms with Crippen LogP contribution in [0.15, 0.2) is 48.8 Å². The van der Waals surface area contributed by atoms with E-state index >= 15 is 0 Å². The fourth-order valence-electron chi connectivity index (χ4n) is 6.22. The summed E-state index contributed by atoms with van der Waals surface area (Å²) in [6, 6.07) is 10.0. The topological polar surface area (TPSA) is 89.9 Å². The number of aromatic nitrogens is 4. The minimum atomic E-state index is -2.64. The van der Waals surface area contributed by atoms with Crippen molar-refractivity contribution in [1.82, 2.24) is 24.4 Å². The molecule has 3 aliphatic rings. The molecule has 1 aliphatic carbocycles. The van der Waals surface area contributed by atoms with E-state index in [2.05, 4.69) is 20.5 Å². The van der Waals surface area contributed by atoms with E-state index in [1.165, 1.54) is 0 Å². The van der Waals surface area contributed by atoms with Gasteiger partial charge in [0.15, 0.2) is 0 Å². The summed E-state index contributed by atoms with van der Waals surface area (Å²) in [5, 5.41) is 0. The van der Waals surface area contributed by atoms with Crippen LogP contribution in [0, 0.1) is 12.3 Å². The van der Waals surface area contributed by atoms with Crippen LogP contribution in [0.25, 0.3) is 22.2 Å². The number of amides is 1. The zero-order chi connectivity index (χ0) is 27.1. The summed E-state index contributed by atoms with van der Waals surface area (Å²) in [6.45, 7) is -2.64. The zero-order valence-electron chi connectivity index (χ0n) is 22.6. The fourth-order valence-corrected chi connectivity index (χ4v) is 6.22. The van der Waals surface area contributed by atoms with Crippen LogP contribution in [0.1, 0.15) is 81.4 Å². The Bertz CT molecular complexity index is 1700. The molecule has 2 aliphatic heterocycles. The molecule has 7 nitrogen and oxygen atoms in total. The summed E-state index contributed by atoms with van der Waals surface area (Å²) in [7, 11) is 0. The van der Waals surface area contributed by atoms with Crippen LogP contribution in [0.2, 0.25) is 0 Å². The summed E-state index contributed by atoms with van der Waals surface area (Å²) < 4.78 is 26.7. The Hall–Kier alpha value is -4.02. The first-order valence-electron chi connectivity index (χ1n) is 13.8. The Balaban J connectivity index is 1.39. The van der Waals surface area contributed by atoms with E-state index in [1.807, 2.05) is 30.6 Å². The number of imidazole rings is 1. The van der Waals surface area contributed by atoms with Gasteiger partial charge in [0.1, 0.15) is 11.6 Å². The number of rotatable bonds is 2. The van der Waals surface area contributed by atoms with E-state index in [0.717, 1.165) is 47.2 Å². The molecule has 36 heavy (non-hydrogen) atoms. The molecular weight excluding hydrogens is 448 g/mol. The fraction of sp³-hybridized carbons (Fsp3) is 0.310. The lowest BCUT2D eigenvalue weighted by atomic mass is 9.93. The molecule has 0 radical (unpaired) electrons. The Morgan fingerprint density at radius 3 is 2.69 bits per heavy atom. The molecule has 7 heteroatoms. The van der Waals surface area contributed by atoms with Crippen LogP contribution in [-0.4, -0.2) is 37.3 Å². The normalized spacial score (nSPS) is 23.4. The van der Waals surface area contributed by atoms with Crippen LogP contribution in [-0.2, 0) is 5.54 Å². The molecule has 4 heterocycles. The number of carbonyl (C=O) groups excluding carboxylic acids is 1.